The van der Waals surface area contributed by atoms with Crippen LogP contribution < -0.4 is 5.32 Å². The van der Waals surface area contributed by atoms with Gasteiger partial charge < -0.3 is 24.9 Å². The number of nitrogens with zero attached hydrogens (tertiary/aromatic N) is 1. The first-order valence-corrected chi connectivity index (χ1v) is 18.4. The van der Waals surface area contributed by atoms with Crippen LogP contribution in [0.25, 0.3) is 0 Å². The molecule has 47 heavy (non-hydrogen) atoms. The fourth-order valence-corrected chi connectivity index (χ4v) is 5.22. The average molecular weight is 693 g/mol. The van der Waals surface area contributed by atoms with E-state index in [-0.39, 0.29) is 29.8 Å². The maximum Gasteiger partial charge on any atom is 0.247 e. The van der Waals surface area contributed by atoms with Crippen LogP contribution in [0.3, 0.4) is 0 Å². The van der Waals surface area contributed by atoms with Crippen molar-refractivity contribution in [3.63, 3.8) is 0 Å². The van der Waals surface area contributed by atoms with E-state index in [1.807, 2.05) is 40.8 Å². The zero-order valence-electron chi connectivity index (χ0n) is 29.0. The van der Waals surface area contributed by atoms with Crippen molar-refractivity contribution in [3.05, 3.63) is 81.9 Å². The first-order valence-electron chi connectivity index (χ1n) is 15.5. The SMILES string of the molecule is CC(C)=CC(=O)N(CC(C)O)C(CO[Si](C)(C)C(C)(C)C)c1cc(F)c(F)c(F)c1.CCC(NCC(C)O)c1cc(F)c(F)c(F)c1. The van der Waals surface area contributed by atoms with E-state index in [0.717, 1.165) is 29.8 Å². The van der Waals surface area contributed by atoms with E-state index in [9.17, 15) is 36.2 Å². The number of allylic oxidation sites excluding steroid dienone is 1. The number of nitrogens with one attached hydrogen (secondary N) is 1. The molecule has 0 heterocycles. The predicted octanol–water partition coefficient (Wildman–Crippen LogP) is 7.87. The Kier molecular flexibility index (Phi) is 16.3. The molecule has 4 atom stereocenters. The van der Waals surface area contributed by atoms with Crippen LogP contribution in [0.5, 0.6) is 0 Å². The van der Waals surface area contributed by atoms with Crippen LogP contribution in [0.15, 0.2) is 35.9 Å². The molecule has 0 radical (unpaired) electrons. The average Bonchev–Trinajstić information content (AvgIpc) is 2.93. The molecule has 3 N–H and O–H groups in total. The van der Waals surface area contributed by atoms with Crippen LogP contribution in [0, 0.1) is 34.9 Å². The van der Waals surface area contributed by atoms with Gasteiger partial charge in [-0.1, -0.05) is 33.3 Å². The second-order valence-corrected chi connectivity index (χ2v) is 18.3. The van der Waals surface area contributed by atoms with E-state index >= 15 is 0 Å². The molecule has 0 aliphatic heterocycles. The first-order chi connectivity index (χ1) is 21.5. The van der Waals surface area contributed by atoms with E-state index in [1.54, 1.807) is 20.8 Å². The summed E-state index contributed by atoms with van der Waals surface area (Å²) in [7, 11) is -2.27. The van der Waals surface area contributed by atoms with Gasteiger partial charge in [0.1, 0.15) is 0 Å². The number of rotatable bonds is 13. The summed E-state index contributed by atoms with van der Waals surface area (Å²) in [6.07, 6.45) is 0.527. The molecule has 0 fully saturated rings. The van der Waals surface area contributed by atoms with E-state index in [2.05, 4.69) is 5.32 Å². The van der Waals surface area contributed by atoms with Crippen molar-refractivity contribution in [3.8, 4) is 0 Å². The molecule has 0 bridgehead atoms. The van der Waals surface area contributed by atoms with Crippen LogP contribution in [-0.4, -0.2) is 61.2 Å². The van der Waals surface area contributed by atoms with Gasteiger partial charge in [-0.15, -0.1) is 0 Å². The monoisotopic (exact) mass is 692 g/mol. The van der Waals surface area contributed by atoms with Gasteiger partial charge in [-0.05, 0) is 87.6 Å². The van der Waals surface area contributed by atoms with Crippen molar-refractivity contribution in [1.29, 1.82) is 0 Å². The van der Waals surface area contributed by atoms with Crippen LogP contribution in [0.2, 0.25) is 18.1 Å². The molecular formula is C34H50F6N2O4Si. The molecule has 0 saturated heterocycles. The van der Waals surface area contributed by atoms with Crippen LogP contribution in [-0.2, 0) is 9.22 Å². The third kappa shape index (κ3) is 13.0. The molecular weight excluding hydrogens is 642 g/mol. The quantitative estimate of drug-likeness (QED) is 0.0862. The minimum absolute atomic E-state index is 0.0317. The van der Waals surface area contributed by atoms with Crippen molar-refractivity contribution in [2.24, 2.45) is 0 Å². The standard InChI is InChI=1S/C22H34F3NO3Si.C12H16F3NO/c1-14(2)9-20(28)26(12-15(3)27)19(13-29-30(7,8)22(4,5)6)16-10-17(23)21(25)18(24)11-16;1-3-11(16-6-7(2)17)8-4-9(13)12(15)10(14)5-8/h9-11,15,19,27H,12-13H2,1-8H3;4-5,7,11,16-17H,3,6H2,1-2H3. The van der Waals surface area contributed by atoms with E-state index in [4.69, 9.17) is 9.53 Å². The van der Waals surface area contributed by atoms with Gasteiger partial charge in [-0.25, -0.2) is 26.3 Å². The third-order valence-electron chi connectivity index (χ3n) is 7.81. The highest BCUT2D eigenvalue weighted by Gasteiger charge is 2.39. The topological polar surface area (TPSA) is 82.0 Å². The number of hydrogen-bond acceptors (Lipinski definition) is 5. The molecule has 4 unspecified atom stereocenters. The summed E-state index contributed by atoms with van der Waals surface area (Å²) in [5.41, 5.74) is 1.14. The van der Waals surface area contributed by atoms with Gasteiger partial charge in [0.2, 0.25) is 5.91 Å². The minimum Gasteiger partial charge on any atom is -0.414 e. The number of aliphatic hydroxyl groups excluding tert-OH is 2. The normalized spacial score (nSPS) is 14.4. The number of carbonyl (C=O) groups is 1. The predicted molar refractivity (Wildman–Crippen MR) is 174 cm³/mol. The lowest BCUT2D eigenvalue weighted by Crippen LogP contribution is -2.46. The molecule has 2 rings (SSSR count). The van der Waals surface area contributed by atoms with Crippen molar-refractivity contribution in [2.45, 2.75) is 104 Å². The summed E-state index contributed by atoms with van der Waals surface area (Å²) in [4.78, 5) is 14.2. The lowest BCUT2D eigenvalue weighted by atomic mass is 10.0. The zero-order valence-corrected chi connectivity index (χ0v) is 30.0. The number of benzene rings is 2. The van der Waals surface area contributed by atoms with Crippen LogP contribution >= 0.6 is 0 Å². The Bertz CT molecular complexity index is 1310. The number of hydrogen-bond donors (Lipinski definition) is 3. The van der Waals surface area contributed by atoms with Gasteiger partial charge in [0.25, 0.3) is 0 Å². The Morgan fingerprint density at radius 3 is 1.70 bits per heavy atom. The molecule has 0 spiro atoms. The molecule has 0 saturated carbocycles. The van der Waals surface area contributed by atoms with Gasteiger partial charge >= 0.3 is 0 Å². The highest BCUT2D eigenvalue weighted by Crippen LogP contribution is 2.38. The Labute approximate surface area is 276 Å². The van der Waals surface area contributed by atoms with Gasteiger partial charge in [0.05, 0.1) is 24.9 Å². The molecule has 1 amide bonds. The summed E-state index contributed by atoms with van der Waals surface area (Å²) in [5.74, 6) is -8.53. The summed E-state index contributed by atoms with van der Waals surface area (Å²) in [6.45, 7) is 18.8. The molecule has 266 valence electrons. The highest BCUT2D eigenvalue weighted by molar-refractivity contribution is 6.74. The van der Waals surface area contributed by atoms with Crippen LogP contribution in [0.1, 0.15) is 85.0 Å². The van der Waals surface area contributed by atoms with E-state index in [1.165, 1.54) is 17.9 Å². The fraction of sp³-hybridized carbons (Fsp3) is 0.559. The van der Waals surface area contributed by atoms with E-state index in [0.29, 0.717) is 18.5 Å². The third-order valence-corrected chi connectivity index (χ3v) is 12.3. The Morgan fingerprint density at radius 2 is 1.34 bits per heavy atom. The maximum absolute atomic E-state index is 14.0. The zero-order chi connectivity index (χ0) is 36.4. The molecule has 0 aliphatic rings. The summed E-state index contributed by atoms with van der Waals surface area (Å²) < 4.78 is 86.6. The smallest absolute Gasteiger partial charge is 0.247 e. The summed E-state index contributed by atoms with van der Waals surface area (Å²) in [5, 5.41) is 21.9. The Hall–Kier alpha value is -2.71. The molecule has 13 heteroatoms. The molecule has 0 aromatic heterocycles. The maximum atomic E-state index is 14.0. The minimum atomic E-state index is -2.27. The largest absolute Gasteiger partial charge is 0.414 e. The summed E-state index contributed by atoms with van der Waals surface area (Å²) in [6, 6.07) is 2.49. The molecule has 2 aromatic rings. The van der Waals surface area contributed by atoms with Crippen molar-refractivity contribution in [1.82, 2.24) is 10.2 Å². The molecule has 6 nitrogen and oxygen atoms in total. The van der Waals surface area contributed by atoms with Crippen molar-refractivity contribution < 1.29 is 45.8 Å². The van der Waals surface area contributed by atoms with Crippen molar-refractivity contribution >= 4 is 14.2 Å². The number of halogens is 6. The first kappa shape index (κ1) is 42.3. The fourth-order valence-electron chi connectivity index (χ4n) is 4.21. The van der Waals surface area contributed by atoms with Gasteiger partial charge in [-0.3, -0.25) is 4.79 Å². The molecule has 2 aromatic carbocycles. The molecule has 0 aliphatic carbocycles. The number of carbonyl (C=O) groups excluding carboxylic acids is 1. The second-order valence-electron chi connectivity index (χ2n) is 13.5. The van der Waals surface area contributed by atoms with Gasteiger partial charge in [-0.2, -0.15) is 0 Å². The number of amides is 1. The summed E-state index contributed by atoms with van der Waals surface area (Å²) >= 11 is 0. The van der Waals surface area contributed by atoms with E-state index < -0.39 is 67.4 Å². The Balaban J connectivity index is 0.000000548. The number of aliphatic hydroxyl groups is 2. The second kappa shape index (κ2) is 18.2. The van der Waals surface area contributed by atoms with Gasteiger partial charge in [0.15, 0.2) is 43.2 Å². The van der Waals surface area contributed by atoms with Gasteiger partial charge in [0, 0.05) is 25.2 Å². The highest BCUT2D eigenvalue weighted by atomic mass is 28.4. The van der Waals surface area contributed by atoms with Crippen molar-refractivity contribution in [2.75, 3.05) is 19.7 Å². The lowest BCUT2D eigenvalue weighted by molar-refractivity contribution is -0.130. The lowest BCUT2D eigenvalue weighted by Gasteiger charge is -2.39. The Morgan fingerprint density at radius 1 is 0.894 bits per heavy atom. The van der Waals surface area contributed by atoms with Crippen LogP contribution in [0.4, 0.5) is 26.3 Å².